The molecule has 0 spiro atoms. The van der Waals surface area contributed by atoms with Gasteiger partial charge in [-0.05, 0) is 30.3 Å². The van der Waals surface area contributed by atoms with Gasteiger partial charge in [0.1, 0.15) is 5.00 Å². The van der Waals surface area contributed by atoms with Crippen LogP contribution in [0, 0.1) is 6.92 Å². The first-order valence-electron chi connectivity index (χ1n) is 5.67. The fraction of sp³-hybridized carbons (Fsp3) is 0.308. The molecule has 96 valence electrons. The molecule has 0 aliphatic rings. The third-order valence-corrected chi connectivity index (χ3v) is 4.63. The minimum Gasteiger partial charge on any atom is -0.382 e. The van der Waals surface area contributed by atoms with E-state index in [1.54, 1.807) is 11.8 Å². The molecular weight excluding hydrogens is 262 g/mol. The van der Waals surface area contributed by atoms with Gasteiger partial charge in [-0.1, -0.05) is 29.8 Å². The molecule has 0 fully saturated rings. The highest BCUT2D eigenvalue weighted by Crippen LogP contribution is 2.37. The molecule has 0 saturated carbocycles. The number of aryl methyl sites for hydroxylation is 1. The quantitative estimate of drug-likeness (QED) is 0.871. The number of nitrogen functional groups attached to an aromatic ring is 1. The van der Waals surface area contributed by atoms with E-state index < -0.39 is 0 Å². The molecule has 1 aromatic heterocycles. The van der Waals surface area contributed by atoms with Gasteiger partial charge in [-0.25, -0.2) is 0 Å². The second-order valence-corrected chi connectivity index (χ2v) is 5.82. The Labute approximate surface area is 116 Å². The summed E-state index contributed by atoms with van der Waals surface area (Å²) >= 11 is 3.11. The Morgan fingerprint density at radius 1 is 1.44 bits per heavy atom. The Bertz CT molecular complexity index is 537. The van der Waals surface area contributed by atoms with E-state index in [4.69, 9.17) is 5.73 Å². The van der Waals surface area contributed by atoms with Gasteiger partial charge >= 0.3 is 0 Å². The first kappa shape index (κ1) is 13.2. The number of nitrogens with two attached hydrogens (primary N) is 1. The molecule has 2 N–H and O–H groups in total. The van der Waals surface area contributed by atoms with Gasteiger partial charge in [0.2, 0.25) is 0 Å². The van der Waals surface area contributed by atoms with Gasteiger partial charge < -0.3 is 10.6 Å². The van der Waals surface area contributed by atoms with Crippen LogP contribution >= 0.6 is 23.3 Å². The van der Waals surface area contributed by atoms with Gasteiger partial charge in [-0.2, -0.15) is 4.37 Å². The van der Waals surface area contributed by atoms with E-state index in [1.807, 2.05) is 6.26 Å². The van der Waals surface area contributed by atoms with Crippen molar-refractivity contribution in [2.45, 2.75) is 18.4 Å². The summed E-state index contributed by atoms with van der Waals surface area (Å²) in [7, 11) is 2.08. The summed E-state index contributed by atoms with van der Waals surface area (Å²) in [5, 5.41) is 1.14. The molecule has 1 aromatic carbocycles. The molecule has 0 aliphatic heterocycles. The van der Waals surface area contributed by atoms with E-state index in [0.717, 1.165) is 16.4 Å². The lowest BCUT2D eigenvalue weighted by Crippen LogP contribution is -2.15. The van der Waals surface area contributed by atoms with E-state index >= 15 is 0 Å². The van der Waals surface area contributed by atoms with Crippen LogP contribution in [0.15, 0.2) is 29.2 Å². The molecule has 5 heteroatoms. The maximum Gasteiger partial charge on any atom is 0.153 e. The summed E-state index contributed by atoms with van der Waals surface area (Å²) in [6, 6.07) is 8.56. The monoisotopic (exact) mass is 279 g/mol. The fourth-order valence-corrected chi connectivity index (χ4v) is 3.55. The largest absolute Gasteiger partial charge is 0.382 e. The molecule has 3 nitrogen and oxygen atoms in total. The summed E-state index contributed by atoms with van der Waals surface area (Å²) in [4.78, 5) is 3.28. The number of benzene rings is 1. The van der Waals surface area contributed by atoms with E-state index in [0.29, 0.717) is 5.82 Å². The van der Waals surface area contributed by atoms with Crippen LogP contribution in [0.1, 0.15) is 11.1 Å². The SMILES string of the molecule is CSc1c(N)nsc1N(C)Cc1cccc(C)c1. The summed E-state index contributed by atoms with van der Waals surface area (Å²) < 4.78 is 4.22. The average Bonchev–Trinajstić information content (AvgIpc) is 2.70. The standard InChI is InChI=1S/C13H17N3S2/c1-9-5-4-6-10(7-9)8-16(2)13-11(17-3)12(14)15-18-13/h4-7H,8H2,1-3H3,(H2,14,15). The Morgan fingerprint density at radius 3 is 2.89 bits per heavy atom. The van der Waals surface area contributed by atoms with Crippen LogP contribution in [0.3, 0.4) is 0 Å². The van der Waals surface area contributed by atoms with Gasteiger partial charge in [0.15, 0.2) is 5.82 Å². The van der Waals surface area contributed by atoms with Crippen LogP contribution in [0.25, 0.3) is 0 Å². The summed E-state index contributed by atoms with van der Waals surface area (Å²) in [6.45, 7) is 2.98. The zero-order valence-electron chi connectivity index (χ0n) is 10.8. The summed E-state index contributed by atoms with van der Waals surface area (Å²) in [6.07, 6.45) is 2.03. The Balaban J connectivity index is 2.19. The average molecular weight is 279 g/mol. The number of nitrogens with zero attached hydrogens (tertiary/aromatic N) is 2. The maximum atomic E-state index is 5.86. The lowest BCUT2D eigenvalue weighted by molar-refractivity contribution is 0.923. The van der Waals surface area contributed by atoms with Crippen LogP contribution in [-0.2, 0) is 6.54 Å². The molecule has 0 saturated heterocycles. The second-order valence-electron chi connectivity index (χ2n) is 4.25. The van der Waals surface area contributed by atoms with E-state index in [2.05, 4.69) is 47.5 Å². The number of aromatic nitrogens is 1. The van der Waals surface area contributed by atoms with Crippen molar-refractivity contribution in [3.8, 4) is 0 Å². The molecule has 0 unspecified atom stereocenters. The minimum atomic E-state index is 0.638. The van der Waals surface area contributed by atoms with Gasteiger partial charge in [-0.3, -0.25) is 0 Å². The number of thioether (sulfide) groups is 1. The van der Waals surface area contributed by atoms with Crippen molar-refractivity contribution in [1.82, 2.24) is 4.37 Å². The molecular formula is C13H17N3S2. The Morgan fingerprint density at radius 2 is 2.22 bits per heavy atom. The predicted octanol–water partition coefficient (Wildman–Crippen LogP) is 3.39. The van der Waals surface area contributed by atoms with Crippen molar-refractivity contribution < 1.29 is 0 Å². The minimum absolute atomic E-state index is 0.638. The van der Waals surface area contributed by atoms with Gasteiger partial charge in [-0.15, -0.1) is 11.8 Å². The number of rotatable bonds is 4. The van der Waals surface area contributed by atoms with Crippen LogP contribution in [0.2, 0.25) is 0 Å². The summed E-state index contributed by atoms with van der Waals surface area (Å²) in [5.74, 6) is 0.638. The van der Waals surface area contributed by atoms with Gasteiger partial charge in [0.25, 0.3) is 0 Å². The van der Waals surface area contributed by atoms with Crippen molar-refractivity contribution in [2.75, 3.05) is 23.9 Å². The van der Waals surface area contributed by atoms with Crippen molar-refractivity contribution >= 4 is 34.1 Å². The normalized spacial score (nSPS) is 10.6. The third kappa shape index (κ3) is 2.79. The molecule has 18 heavy (non-hydrogen) atoms. The van der Waals surface area contributed by atoms with Crippen LogP contribution < -0.4 is 10.6 Å². The van der Waals surface area contributed by atoms with E-state index in [1.165, 1.54) is 22.7 Å². The lowest BCUT2D eigenvalue weighted by Gasteiger charge is -2.18. The topological polar surface area (TPSA) is 42.1 Å². The van der Waals surface area contributed by atoms with Crippen molar-refractivity contribution in [2.24, 2.45) is 0 Å². The Kier molecular flexibility index (Phi) is 4.14. The fourth-order valence-electron chi connectivity index (χ4n) is 1.88. The molecule has 0 aliphatic carbocycles. The van der Waals surface area contributed by atoms with E-state index in [9.17, 15) is 0 Å². The first-order chi connectivity index (χ1) is 8.61. The van der Waals surface area contributed by atoms with Crippen molar-refractivity contribution in [3.05, 3.63) is 35.4 Å². The predicted molar refractivity (Wildman–Crippen MR) is 81.6 cm³/mol. The zero-order chi connectivity index (χ0) is 13.1. The van der Waals surface area contributed by atoms with Crippen molar-refractivity contribution in [1.29, 1.82) is 0 Å². The highest BCUT2D eigenvalue weighted by molar-refractivity contribution is 7.99. The molecule has 0 bridgehead atoms. The second kappa shape index (κ2) is 5.63. The number of hydrogen-bond donors (Lipinski definition) is 1. The third-order valence-electron chi connectivity index (χ3n) is 2.71. The number of hydrogen-bond acceptors (Lipinski definition) is 5. The first-order valence-corrected chi connectivity index (χ1v) is 7.67. The van der Waals surface area contributed by atoms with Crippen LogP contribution in [0.5, 0.6) is 0 Å². The highest BCUT2D eigenvalue weighted by atomic mass is 32.2. The van der Waals surface area contributed by atoms with Gasteiger partial charge in [0, 0.05) is 13.6 Å². The smallest absolute Gasteiger partial charge is 0.153 e. The molecule has 1 heterocycles. The number of anilines is 2. The van der Waals surface area contributed by atoms with Crippen LogP contribution in [-0.4, -0.2) is 17.7 Å². The Hall–Kier alpha value is -1.20. The maximum absolute atomic E-state index is 5.86. The van der Waals surface area contributed by atoms with Crippen molar-refractivity contribution in [3.63, 3.8) is 0 Å². The summed E-state index contributed by atoms with van der Waals surface area (Å²) in [5.41, 5.74) is 8.45. The molecule has 0 atom stereocenters. The van der Waals surface area contributed by atoms with Gasteiger partial charge in [0.05, 0.1) is 4.90 Å². The molecule has 0 radical (unpaired) electrons. The molecule has 2 aromatic rings. The van der Waals surface area contributed by atoms with E-state index in [-0.39, 0.29) is 0 Å². The molecule has 2 rings (SSSR count). The zero-order valence-corrected chi connectivity index (χ0v) is 12.4. The molecule has 0 amide bonds. The lowest BCUT2D eigenvalue weighted by atomic mass is 10.1. The van der Waals surface area contributed by atoms with Crippen LogP contribution in [0.4, 0.5) is 10.8 Å². The highest BCUT2D eigenvalue weighted by Gasteiger charge is 2.14.